The minimum absolute atomic E-state index is 0.365. The number of fused-ring (bicyclic) bond motifs is 1. The van der Waals surface area contributed by atoms with Gasteiger partial charge in [0.2, 0.25) is 0 Å². The zero-order valence-corrected chi connectivity index (χ0v) is 14.4. The van der Waals surface area contributed by atoms with Crippen LogP contribution in [0.5, 0.6) is 0 Å². The Morgan fingerprint density at radius 2 is 2.09 bits per heavy atom. The number of aromatic nitrogens is 2. The summed E-state index contributed by atoms with van der Waals surface area (Å²) in [6, 6.07) is 5.61. The molecule has 0 radical (unpaired) electrons. The van der Waals surface area contributed by atoms with Gasteiger partial charge in [0.25, 0.3) is 0 Å². The van der Waals surface area contributed by atoms with Crippen LogP contribution < -0.4 is 5.32 Å². The van der Waals surface area contributed by atoms with Crippen molar-refractivity contribution in [1.29, 1.82) is 0 Å². The van der Waals surface area contributed by atoms with Gasteiger partial charge in [-0.15, -0.1) is 11.3 Å². The van der Waals surface area contributed by atoms with E-state index in [9.17, 15) is 4.79 Å². The Balaban J connectivity index is 2.13. The molecule has 0 bridgehead atoms. The minimum Gasteiger partial charge on any atom is -0.465 e. The van der Waals surface area contributed by atoms with Gasteiger partial charge in [-0.2, -0.15) is 0 Å². The van der Waals surface area contributed by atoms with Crippen LogP contribution in [-0.2, 0) is 4.74 Å². The third-order valence-corrected chi connectivity index (χ3v) is 4.97. The summed E-state index contributed by atoms with van der Waals surface area (Å²) in [5.74, 6) is 0.277. The summed E-state index contributed by atoms with van der Waals surface area (Å²) < 4.78 is 4.83. The van der Waals surface area contributed by atoms with Gasteiger partial charge in [-0.25, -0.2) is 14.8 Å². The molecule has 0 fully saturated rings. The quantitative estimate of drug-likeness (QED) is 0.707. The summed E-state index contributed by atoms with van der Waals surface area (Å²) >= 11 is 7.36. The van der Waals surface area contributed by atoms with Crippen LogP contribution in [-0.4, -0.2) is 23.0 Å². The first-order chi connectivity index (χ1) is 11.0. The lowest BCUT2D eigenvalue weighted by Gasteiger charge is -2.10. The normalized spacial score (nSPS) is 10.8. The number of thiophene rings is 1. The summed E-state index contributed by atoms with van der Waals surface area (Å²) in [7, 11) is 1.37. The molecule has 2 aromatic heterocycles. The van der Waals surface area contributed by atoms with E-state index in [0.717, 1.165) is 27.0 Å². The molecular formula is C16H14ClN3O2S. The van der Waals surface area contributed by atoms with E-state index in [2.05, 4.69) is 15.3 Å². The third kappa shape index (κ3) is 2.87. The van der Waals surface area contributed by atoms with E-state index in [1.165, 1.54) is 24.8 Å². The summed E-state index contributed by atoms with van der Waals surface area (Å²) in [6.07, 6.45) is 1.47. The molecule has 0 saturated heterocycles. The van der Waals surface area contributed by atoms with Crippen LogP contribution in [0.2, 0.25) is 5.02 Å². The smallest absolute Gasteiger partial charge is 0.348 e. The molecule has 0 spiro atoms. The first-order valence-electron chi connectivity index (χ1n) is 6.87. The van der Waals surface area contributed by atoms with Crippen LogP contribution in [0.25, 0.3) is 10.2 Å². The Hall–Kier alpha value is -2.18. The number of halogens is 1. The van der Waals surface area contributed by atoms with Crippen LogP contribution in [0, 0.1) is 13.8 Å². The zero-order valence-electron chi connectivity index (χ0n) is 12.8. The molecule has 0 amide bonds. The van der Waals surface area contributed by atoms with Crippen LogP contribution in [0.15, 0.2) is 24.5 Å². The van der Waals surface area contributed by atoms with E-state index in [4.69, 9.17) is 16.3 Å². The Bertz CT molecular complexity index is 908. The fourth-order valence-corrected chi connectivity index (χ4v) is 3.55. The van der Waals surface area contributed by atoms with Crippen LogP contribution >= 0.6 is 22.9 Å². The van der Waals surface area contributed by atoms with Crippen LogP contribution in [0.4, 0.5) is 11.5 Å². The highest BCUT2D eigenvalue weighted by Crippen LogP contribution is 2.35. The van der Waals surface area contributed by atoms with Gasteiger partial charge in [-0.05, 0) is 37.1 Å². The highest BCUT2D eigenvalue weighted by atomic mass is 35.5. The number of nitrogens with zero attached hydrogens (tertiary/aromatic N) is 2. The van der Waals surface area contributed by atoms with E-state index in [0.29, 0.717) is 15.7 Å². The number of methoxy groups -OCH3 is 1. The molecule has 0 unspecified atom stereocenters. The maximum absolute atomic E-state index is 11.9. The number of benzene rings is 1. The summed E-state index contributed by atoms with van der Waals surface area (Å²) in [4.78, 5) is 21.7. The molecule has 118 valence electrons. The molecule has 0 aliphatic heterocycles. The molecule has 1 aromatic carbocycles. The Morgan fingerprint density at radius 1 is 1.30 bits per heavy atom. The first kappa shape index (κ1) is 15.7. The van der Waals surface area contributed by atoms with E-state index in [1.807, 2.05) is 32.0 Å². The molecule has 3 rings (SSSR count). The van der Waals surface area contributed by atoms with E-state index in [-0.39, 0.29) is 5.97 Å². The molecule has 0 aliphatic carbocycles. The van der Waals surface area contributed by atoms with Crippen molar-refractivity contribution in [2.75, 3.05) is 12.4 Å². The lowest BCUT2D eigenvalue weighted by Crippen LogP contribution is -2.00. The maximum atomic E-state index is 11.9. The number of esters is 1. The average molecular weight is 348 g/mol. The zero-order chi connectivity index (χ0) is 16.6. The molecule has 5 nitrogen and oxygen atoms in total. The van der Waals surface area contributed by atoms with Gasteiger partial charge in [-0.3, -0.25) is 0 Å². The number of ether oxygens (including phenoxy) is 1. The van der Waals surface area contributed by atoms with Crippen molar-refractivity contribution in [3.05, 3.63) is 45.6 Å². The number of nitrogens with one attached hydrogen (secondary N) is 1. The average Bonchev–Trinajstić information content (AvgIpc) is 2.88. The monoisotopic (exact) mass is 347 g/mol. The van der Waals surface area contributed by atoms with Gasteiger partial charge >= 0.3 is 5.97 Å². The number of carbonyl (C=O) groups is 1. The van der Waals surface area contributed by atoms with Crippen LogP contribution in [0.3, 0.4) is 0 Å². The van der Waals surface area contributed by atoms with E-state index in [1.54, 1.807) is 0 Å². The van der Waals surface area contributed by atoms with Gasteiger partial charge in [-0.1, -0.05) is 17.7 Å². The number of aryl methyl sites for hydroxylation is 2. The number of anilines is 2. The predicted octanol–water partition coefficient (Wildman–Crippen LogP) is 4.49. The fourth-order valence-electron chi connectivity index (χ4n) is 2.31. The van der Waals surface area contributed by atoms with Crippen molar-refractivity contribution in [2.45, 2.75) is 13.8 Å². The molecular weight excluding hydrogens is 334 g/mol. The number of carbonyl (C=O) groups excluding carboxylic acids is 1. The molecule has 1 N–H and O–H groups in total. The molecule has 23 heavy (non-hydrogen) atoms. The minimum atomic E-state index is -0.365. The van der Waals surface area contributed by atoms with Gasteiger partial charge in [0.1, 0.15) is 21.9 Å². The predicted molar refractivity (Wildman–Crippen MR) is 93.0 cm³/mol. The highest BCUT2D eigenvalue weighted by Gasteiger charge is 2.20. The molecule has 2 heterocycles. The lowest BCUT2D eigenvalue weighted by atomic mass is 10.1. The molecule has 0 aliphatic rings. The van der Waals surface area contributed by atoms with Gasteiger partial charge < -0.3 is 10.1 Å². The first-order valence-corrected chi connectivity index (χ1v) is 8.06. The molecule has 0 atom stereocenters. The SMILES string of the molecule is COC(=O)c1sc2ncnc(Nc3cc(Cl)ccc3C)c2c1C. The number of hydrogen-bond donors (Lipinski definition) is 1. The second kappa shape index (κ2) is 6.14. The Labute approximate surface area is 142 Å². The van der Waals surface area contributed by atoms with Crippen LogP contribution in [0.1, 0.15) is 20.8 Å². The fraction of sp³-hybridized carbons (Fsp3) is 0.188. The van der Waals surface area contributed by atoms with Gasteiger partial charge in [0, 0.05) is 10.7 Å². The van der Waals surface area contributed by atoms with E-state index >= 15 is 0 Å². The third-order valence-electron chi connectivity index (χ3n) is 3.55. The maximum Gasteiger partial charge on any atom is 0.348 e. The largest absolute Gasteiger partial charge is 0.465 e. The second-order valence-electron chi connectivity index (χ2n) is 5.03. The van der Waals surface area contributed by atoms with Crippen molar-refractivity contribution < 1.29 is 9.53 Å². The van der Waals surface area contributed by atoms with Crippen molar-refractivity contribution in [3.63, 3.8) is 0 Å². The number of hydrogen-bond acceptors (Lipinski definition) is 6. The second-order valence-corrected chi connectivity index (χ2v) is 6.47. The summed E-state index contributed by atoms with van der Waals surface area (Å²) in [6.45, 7) is 3.85. The van der Waals surface area contributed by atoms with E-state index < -0.39 is 0 Å². The molecule has 3 aromatic rings. The Kier molecular flexibility index (Phi) is 4.19. The Morgan fingerprint density at radius 3 is 2.83 bits per heavy atom. The number of rotatable bonds is 3. The summed E-state index contributed by atoms with van der Waals surface area (Å²) in [5, 5.41) is 4.74. The highest BCUT2D eigenvalue weighted by molar-refractivity contribution is 7.20. The van der Waals surface area contributed by atoms with Crippen molar-refractivity contribution in [2.24, 2.45) is 0 Å². The van der Waals surface area contributed by atoms with Crippen molar-refractivity contribution >= 4 is 50.6 Å². The topological polar surface area (TPSA) is 64.1 Å². The molecule has 0 saturated carbocycles. The standard InChI is InChI=1S/C16H14ClN3O2S/c1-8-4-5-10(17)6-11(8)20-14-12-9(2)13(16(21)22-3)23-15(12)19-7-18-14/h4-7H,1-3H3,(H,18,19,20). The van der Waals surface area contributed by atoms with Gasteiger partial charge in [0.15, 0.2) is 0 Å². The van der Waals surface area contributed by atoms with Gasteiger partial charge in [0.05, 0.1) is 12.5 Å². The molecule has 7 heteroatoms. The van der Waals surface area contributed by atoms with Crippen molar-refractivity contribution in [1.82, 2.24) is 9.97 Å². The van der Waals surface area contributed by atoms with Crippen molar-refractivity contribution in [3.8, 4) is 0 Å². The lowest BCUT2D eigenvalue weighted by molar-refractivity contribution is 0.0605. The summed E-state index contributed by atoms with van der Waals surface area (Å²) in [5.41, 5.74) is 2.71.